The largest absolute Gasteiger partial charge is 0.339 e. The minimum Gasteiger partial charge on any atom is -0.339 e. The topological polar surface area (TPSA) is 62.7 Å². The van der Waals surface area contributed by atoms with Gasteiger partial charge in [0.25, 0.3) is 0 Å². The molecule has 6 heteroatoms. The van der Waals surface area contributed by atoms with E-state index in [0.29, 0.717) is 21.6 Å². The molecule has 0 spiro atoms. The summed E-state index contributed by atoms with van der Waals surface area (Å²) >= 11 is 3.90. The first-order valence-corrected chi connectivity index (χ1v) is 8.18. The van der Waals surface area contributed by atoms with Crippen LogP contribution in [0.15, 0.2) is 4.52 Å². The van der Waals surface area contributed by atoms with E-state index in [2.05, 4.69) is 30.1 Å². The third kappa shape index (κ3) is 2.26. The molecule has 1 saturated heterocycles. The van der Waals surface area contributed by atoms with Crippen molar-refractivity contribution in [3.63, 3.8) is 0 Å². The van der Waals surface area contributed by atoms with Crippen molar-refractivity contribution in [2.24, 2.45) is 5.92 Å². The van der Waals surface area contributed by atoms with Crippen LogP contribution in [0.5, 0.6) is 0 Å². The first-order valence-electron chi connectivity index (χ1n) is 6.19. The van der Waals surface area contributed by atoms with Crippen molar-refractivity contribution in [3.05, 3.63) is 11.7 Å². The van der Waals surface area contributed by atoms with E-state index < -0.39 is 0 Å². The summed E-state index contributed by atoms with van der Waals surface area (Å²) in [6.07, 6.45) is 0.873. The maximum absolute atomic E-state index is 8.81. The third-order valence-electron chi connectivity index (χ3n) is 3.57. The number of nitrogens with zero attached hydrogens (tertiary/aromatic N) is 3. The van der Waals surface area contributed by atoms with E-state index >= 15 is 0 Å². The molecule has 18 heavy (non-hydrogen) atoms. The quantitative estimate of drug-likeness (QED) is 0.830. The van der Waals surface area contributed by atoms with E-state index in [-0.39, 0.29) is 11.8 Å². The van der Waals surface area contributed by atoms with Gasteiger partial charge in [0, 0.05) is 16.3 Å². The number of thioether (sulfide) groups is 2. The predicted octanol–water partition coefficient (Wildman–Crippen LogP) is 2.99. The molecule has 0 radical (unpaired) electrons. The summed E-state index contributed by atoms with van der Waals surface area (Å²) in [4.78, 5) is 4.49. The normalized spacial score (nSPS) is 39.3. The van der Waals surface area contributed by atoms with Crippen LogP contribution in [0.1, 0.15) is 43.2 Å². The number of aromatic nitrogens is 2. The lowest BCUT2D eigenvalue weighted by Gasteiger charge is -2.29. The molecule has 0 amide bonds. The van der Waals surface area contributed by atoms with Crippen molar-refractivity contribution in [1.82, 2.24) is 10.1 Å². The van der Waals surface area contributed by atoms with Crippen LogP contribution >= 0.6 is 23.5 Å². The maximum atomic E-state index is 8.81. The Balaban J connectivity index is 1.69. The second-order valence-electron chi connectivity index (χ2n) is 4.94. The van der Waals surface area contributed by atoms with Crippen LogP contribution in [0.25, 0.3) is 0 Å². The van der Waals surface area contributed by atoms with Gasteiger partial charge in [-0.05, 0) is 6.42 Å². The predicted molar refractivity (Wildman–Crippen MR) is 72.5 cm³/mol. The molecule has 4 nitrogen and oxygen atoms in total. The molecular weight excluding hydrogens is 266 g/mol. The number of hydrogen-bond acceptors (Lipinski definition) is 6. The zero-order valence-electron chi connectivity index (χ0n) is 10.4. The van der Waals surface area contributed by atoms with Gasteiger partial charge >= 0.3 is 0 Å². The molecule has 5 atom stereocenters. The van der Waals surface area contributed by atoms with Gasteiger partial charge in [0.2, 0.25) is 5.89 Å². The lowest BCUT2D eigenvalue weighted by molar-refractivity contribution is 0.372. The van der Waals surface area contributed by atoms with Crippen molar-refractivity contribution in [2.75, 3.05) is 5.75 Å². The van der Waals surface area contributed by atoms with Gasteiger partial charge in [-0.25, -0.2) is 0 Å². The maximum Gasteiger partial charge on any atom is 0.231 e. The Hall–Kier alpha value is -0.670. The molecule has 2 heterocycles. The molecular formula is C12H15N3OS2. The molecule has 2 aliphatic rings. The zero-order valence-corrected chi connectivity index (χ0v) is 12.0. The molecule has 1 aromatic rings. The lowest BCUT2D eigenvalue weighted by atomic mass is 10.3. The van der Waals surface area contributed by atoms with Gasteiger partial charge < -0.3 is 4.52 Å². The highest BCUT2D eigenvalue weighted by Gasteiger charge is 2.43. The fraction of sp³-hybridized carbons (Fsp3) is 0.750. The van der Waals surface area contributed by atoms with Crippen LogP contribution in [-0.2, 0) is 0 Å². The van der Waals surface area contributed by atoms with E-state index in [9.17, 15) is 0 Å². The van der Waals surface area contributed by atoms with Crippen molar-refractivity contribution in [1.29, 1.82) is 5.26 Å². The van der Waals surface area contributed by atoms with Crippen molar-refractivity contribution in [2.45, 2.75) is 41.9 Å². The first-order chi connectivity index (χ1) is 8.69. The van der Waals surface area contributed by atoms with Gasteiger partial charge in [-0.2, -0.15) is 22.0 Å². The van der Waals surface area contributed by atoms with E-state index in [4.69, 9.17) is 9.78 Å². The highest BCUT2D eigenvalue weighted by Crippen LogP contribution is 2.48. The summed E-state index contributed by atoms with van der Waals surface area (Å²) in [6.45, 7) is 4.52. The summed E-state index contributed by atoms with van der Waals surface area (Å²) < 4.78 is 5.30. The second-order valence-corrected chi connectivity index (χ2v) is 7.93. The second kappa shape index (κ2) is 4.78. The summed E-state index contributed by atoms with van der Waals surface area (Å²) in [5.41, 5.74) is 0. The Kier molecular flexibility index (Phi) is 3.29. The molecule has 1 saturated carbocycles. The van der Waals surface area contributed by atoms with Crippen molar-refractivity contribution >= 4 is 23.5 Å². The molecule has 5 unspecified atom stereocenters. The van der Waals surface area contributed by atoms with Crippen LogP contribution in [-0.4, -0.2) is 26.4 Å². The summed E-state index contributed by atoms with van der Waals surface area (Å²) in [7, 11) is 0. The fourth-order valence-corrected chi connectivity index (χ4v) is 4.89. The van der Waals surface area contributed by atoms with E-state index in [1.807, 2.05) is 23.5 Å². The minimum atomic E-state index is 0.0885. The average Bonchev–Trinajstić information content (AvgIpc) is 3.01. The average molecular weight is 281 g/mol. The third-order valence-corrected chi connectivity index (χ3v) is 6.96. The minimum absolute atomic E-state index is 0.0885. The van der Waals surface area contributed by atoms with Crippen LogP contribution < -0.4 is 0 Å². The Bertz CT molecular complexity index is 484. The molecule has 3 rings (SSSR count). The SMILES string of the molecule is CC1SCC(c2noc(C3CC3C#N)n2)SC1C. The molecule has 2 fully saturated rings. The number of nitriles is 1. The van der Waals surface area contributed by atoms with Crippen LogP contribution in [0.4, 0.5) is 0 Å². The highest BCUT2D eigenvalue weighted by molar-refractivity contribution is 8.07. The molecule has 0 aromatic carbocycles. The standard InChI is InChI=1S/C12H15N3OS2/c1-6-7(2)18-10(5-17-6)11-14-12(16-15-11)9-3-8(9)4-13/h6-10H,3,5H2,1-2H3. The van der Waals surface area contributed by atoms with Crippen LogP contribution in [0, 0.1) is 17.2 Å². The highest BCUT2D eigenvalue weighted by atomic mass is 32.2. The molecule has 1 aliphatic heterocycles. The van der Waals surface area contributed by atoms with Crippen LogP contribution in [0.3, 0.4) is 0 Å². The van der Waals surface area contributed by atoms with E-state index in [1.54, 1.807) is 0 Å². The van der Waals surface area contributed by atoms with Gasteiger partial charge in [-0.3, -0.25) is 0 Å². The Morgan fingerprint density at radius 3 is 2.89 bits per heavy atom. The smallest absolute Gasteiger partial charge is 0.231 e. The van der Waals surface area contributed by atoms with Gasteiger partial charge in [0.05, 0.1) is 23.2 Å². The first kappa shape index (κ1) is 12.4. The number of rotatable bonds is 2. The van der Waals surface area contributed by atoms with E-state index in [0.717, 1.165) is 18.0 Å². The van der Waals surface area contributed by atoms with Gasteiger partial charge in [-0.15, -0.1) is 11.8 Å². The molecule has 0 N–H and O–H groups in total. The Morgan fingerprint density at radius 1 is 1.39 bits per heavy atom. The van der Waals surface area contributed by atoms with Crippen molar-refractivity contribution < 1.29 is 4.52 Å². The summed E-state index contributed by atoms with van der Waals surface area (Å²) in [5.74, 6) is 2.79. The van der Waals surface area contributed by atoms with Crippen molar-refractivity contribution in [3.8, 4) is 6.07 Å². The number of hydrogen-bond donors (Lipinski definition) is 0. The molecule has 1 aromatic heterocycles. The molecule has 1 aliphatic carbocycles. The van der Waals surface area contributed by atoms with Crippen LogP contribution in [0.2, 0.25) is 0 Å². The Labute approximate surface area is 115 Å². The molecule has 96 valence electrons. The van der Waals surface area contributed by atoms with Gasteiger partial charge in [0.1, 0.15) is 0 Å². The zero-order chi connectivity index (χ0) is 12.7. The Morgan fingerprint density at radius 2 is 2.22 bits per heavy atom. The monoisotopic (exact) mass is 281 g/mol. The fourth-order valence-electron chi connectivity index (χ4n) is 2.06. The van der Waals surface area contributed by atoms with E-state index in [1.165, 1.54) is 0 Å². The van der Waals surface area contributed by atoms with Gasteiger partial charge in [-0.1, -0.05) is 19.0 Å². The lowest BCUT2D eigenvalue weighted by Crippen LogP contribution is -2.22. The summed E-state index contributed by atoms with van der Waals surface area (Å²) in [5, 5.41) is 14.5. The summed E-state index contributed by atoms with van der Waals surface area (Å²) in [6, 6.07) is 2.25. The van der Waals surface area contributed by atoms with Gasteiger partial charge in [0.15, 0.2) is 5.82 Å². The molecule has 0 bridgehead atoms.